The lowest BCUT2D eigenvalue weighted by molar-refractivity contribution is 0.0950. The van der Waals surface area contributed by atoms with Gasteiger partial charge in [0.15, 0.2) is 11.6 Å². The molecule has 0 aromatic heterocycles. The lowest BCUT2D eigenvalue weighted by Gasteiger charge is -2.13. The molecule has 0 radical (unpaired) electrons. The summed E-state index contributed by atoms with van der Waals surface area (Å²) in [5, 5.41) is 2.70. The molecule has 0 saturated heterocycles. The van der Waals surface area contributed by atoms with Crippen LogP contribution in [0.2, 0.25) is 0 Å². The van der Waals surface area contributed by atoms with Gasteiger partial charge >= 0.3 is 0 Å². The van der Waals surface area contributed by atoms with E-state index in [1.54, 1.807) is 0 Å². The van der Waals surface area contributed by atoms with Gasteiger partial charge in [-0.15, -0.1) is 0 Å². The van der Waals surface area contributed by atoms with E-state index in [1.807, 2.05) is 26.0 Å². The Hall–Kier alpha value is -2.63. The van der Waals surface area contributed by atoms with Crippen molar-refractivity contribution in [3.63, 3.8) is 0 Å². The van der Waals surface area contributed by atoms with Crippen LogP contribution in [0, 0.1) is 11.6 Å². The Labute approximate surface area is 144 Å². The maximum Gasteiger partial charge on any atom is 0.251 e. The van der Waals surface area contributed by atoms with Gasteiger partial charge in [0.1, 0.15) is 17.6 Å². The number of benzene rings is 2. The van der Waals surface area contributed by atoms with E-state index >= 15 is 0 Å². The highest BCUT2D eigenvalue weighted by Crippen LogP contribution is 2.35. The monoisotopic (exact) mass is 347 g/mol. The van der Waals surface area contributed by atoms with Gasteiger partial charge < -0.3 is 14.8 Å². The van der Waals surface area contributed by atoms with E-state index in [0.29, 0.717) is 12.4 Å². The lowest BCUT2D eigenvalue weighted by Crippen LogP contribution is -2.23. The highest BCUT2D eigenvalue weighted by atomic mass is 19.2. The molecule has 1 aliphatic rings. The van der Waals surface area contributed by atoms with Gasteiger partial charge in [0.25, 0.3) is 5.91 Å². The summed E-state index contributed by atoms with van der Waals surface area (Å²) in [6.45, 7) is 4.57. The summed E-state index contributed by atoms with van der Waals surface area (Å²) in [6, 6.07) is 6.84. The minimum atomic E-state index is -1.05. The van der Waals surface area contributed by atoms with E-state index < -0.39 is 17.5 Å². The topological polar surface area (TPSA) is 47.6 Å². The van der Waals surface area contributed by atoms with Crippen LogP contribution in [0.5, 0.6) is 11.5 Å². The molecule has 1 atom stereocenters. The molecule has 2 aromatic rings. The second kappa shape index (κ2) is 7.09. The van der Waals surface area contributed by atoms with Crippen molar-refractivity contribution in [3.8, 4) is 11.5 Å². The first-order chi connectivity index (χ1) is 12.0. The number of carbonyl (C=O) groups excluding carboxylic acids is 1. The van der Waals surface area contributed by atoms with Crippen LogP contribution in [0.4, 0.5) is 8.78 Å². The maximum atomic E-state index is 13.3. The van der Waals surface area contributed by atoms with Crippen LogP contribution < -0.4 is 14.8 Å². The van der Waals surface area contributed by atoms with E-state index in [9.17, 15) is 13.6 Å². The van der Waals surface area contributed by atoms with Gasteiger partial charge in [-0.05, 0) is 44.2 Å². The van der Waals surface area contributed by atoms with Crippen molar-refractivity contribution in [2.24, 2.45) is 0 Å². The van der Waals surface area contributed by atoms with E-state index in [-0.39, 0.29) is 18.2 Å². The van der Waals surface area contributed by atoms with Crippen LogP contribution in [-0.4, -0.2) is 18.6 Å². The first kappa shape index (κ1) is 17.2. The van der Waals surface area contributed by atoms with Crippen LogP contribution in [0.1, 0.15) is 35.3 Å². The number of amides is 1. The summed E-state index contributed by atoms with van der Waals surface area (Å²) in [5.74, 6) is -1.06. The summed E-state index contributed by atoms with van der Waals surface area (Å²) in [7, 11) is 0. The fraction of sp³-hybridized carbons (Fsp3) is 0.316. The van der Waals surface area contributed by atoms with Crippen molar-refractivity contribution in [3.05, 3.63) is 58.7 Å². The van der Waals surface area contributed by atoms with Crippen molar-refractivity contribution < 1.29 is 23.0 Å². The molecule has 0 fully saturated rings. The Morgan fingerprint density at radius 2 is 2.08 bits per heavy atom. The minimum absolute atomic E-state index is 0.0582. The van der Waals surface area contributed by atoms with Crippen molar-refractivity contribution in [1.82, 2.24) is 5.32 Å². The molecule has 0 aliphatic carbocycles. The number of hydrogen-bond acceptors (Lipinski definition) is 3. The smallest absolute Gasteiger partial charge is 0.251 e. The Morgan fingerprint density at radius 3 is 2.80 bits per heavy atom. The van der Waals surface area contributed by atoms with Gasteiger partial charge in [-0.2, -0.15) is 0 Å². The van der Waals surface area contributed by atoms with Gasteiger partial charge in [-0.3, -0.25) is 4.79 Å². The standard InChI is InChI=1S/C19H19F2NO3/c1-3-24-17-8-13-6-11(2)25-18(13)9-14(17)10-22-19(23)12-4-5-15(20)16(21)7-12/h4-5,7-9,11H,3,6,10H2,1-2H3,(H,22,23). The number of fused-ring (bicyclic) bond motifs is 1. The zero-order chi connectivity index (χ0) is 18.0. The molecule has 132 valence electrons. The number of hydrogen-bond donors (Lipinski definition) is 1. The fourth-order valence-corrected chi connectivity index (χ4v) is 2.82. The molecule has 0 bridgehead atoms. The van der Waals surface area contributed by atoms with Crippen molar-refractivity contribution in [1.29, 1.82) is 0 Å². The van der Waals surface area contributed by atoms with Crippen LogP contribution in [0.3, 0.4) is 0 Å². The normalized spacial score (nSPS) is 15.4. The first-order valence-electron chi connectivity index (χ1n) is 8.16. The Balaban J connectivity index is 1.77. The SMILES string of the molecule is CCOc1cc2c(cc1CNC(=O)c1ccc(F)c(F)c1)OC(C)C2. The molecular weight excluding hydrogens is 328 g/mol. The first-order valence-corrected chi connectivity index (χ1v) is 8.16. The third kappa shape index (κ3) is 3.73. The highest BCUT2D eigenvalue weighted by molar-refractivity contribution is 5.94. The second-order valence-electron chi connectivity index (χ2n) is 5.94. The molecule has 6 heteroatoms. The number of carbonyl (C=O) groups is 1. The average Bonchev–Trinajstić information content (AvgIpc) is 2.94. The Kier molecular flexibility index (Phi) is 4.88. The average molecular weight is 347 g/mol. The molecule has 1 aliphatic heterocycles. The zero-order valence-corrected chi connectivity index (χ0v) is 14.1. The fourth-order valence-electron chi connectivity index (χ4n) is 2.82. The van der Waals surface area contributed by atoms with E-state index in [2.05, 4.69) is 5.32 Å². The van der Waals surface area contributed by atoms with Crippen LogP contribution in [0.15, 0.2) is 30.3 Å². The van der Waals surface area contributed by atoms with Gasteiger partial charge in [-0.1, -0.05) is 0 Å². The molecule has 0 saturated carbocycles. The van der Waals surface area contributed by atoms with Crippen LogP contribution in [0.25, 0.3) is 0 Å². The number of halogens is 2. The lowest BCUT2D eigenvalue weighted by atomic mass is 10.1. The van der Waals surface area contributed by atoms with Gasteiger partial charge in [0, 0.05) is 29.7 Å². The van der Waals surface area contributed by atoms with Crippen molar-refractivity contribution in [2.75, 3.05) is 6.61 Å². The van der Waals surface area contributed by atoms with Crippen LogP contribution in [-0.2, 0) is 13.0 Å². The Morgan fingerprint density at radius 1 is 1.28 bits per heavy atom. The molecule has 2 aromatic carbocycles. The predicted octanol–water partition coefficient (Wildman–Crippen LogP) is 3.62. The molecular formula is C19H19F2NO3. The maximum absolute atomic E-state index is 13.3. The molecule has 1 heterocycles. The summed E-state index contributed by atoms with van der Waals surface area (Å²) < 4.78 is 37.6. The molecule has 4 nitrogen and oxygen atoms in total. The molecule has 0 spiro atoms. The summed E-state index contributed by atoms with van der Waals surface area (Å²) in [5.41, 5.74) is 1.90. The number of nitrogens with one attached hydrogen (secondary N) is 1. The summed E-state index contributed by atoms with van der Waals surface area (Å²) in [6.07, 6.45) is 0.924. The number of ether oxygens (including phenoxy) is 2. The molecule has 1 unspecified atom stereocenters. The summed E-state index contributed by atoms with van der Waals surface area (Å²) >= 11 is 0. The highest BCUT2D eigenvalue weighted by Gasteiger charge is 2.22. The minimum Gasteiger partial charge on any atom is -0.494 e. The quantitative estimate of drug-likeness (QED) is 0.899. The predicted molar refractivity (Wildman–Crippen MR) is 88.9 cm³/mol. The number of rotatable bonds is 5. The molecule has 3 rings (SSSR count). The van der Waals surface area contributed by atoms with E-state index in [1.165, 1.54) is 6.07 Å². The van der Waals surface area contributed by atoms with Crippen LogP contribution >= 0.6 is 0 Å². The molecule has 1 amide bonds. The molecule has 1 N–H and O–H groups in total. The second-order valence-corrected chi connectivity index (χ2v) is 5.94. The van der Waals surface area contributed by atoms with E-state index in [0.717, 1.165) is 35.4 Å². The van der Waals surface area contributed by atoms with E-state index in [4.69, 9.17) is 9.47 Å². The van der Waals surface area contributed by atoms with Gasteiger partial charge in [-0.25, -0.2) is 8.78 Å². The third-order valence-corrected chi connectivity index (χ3v) is 4.00. The summed E-state index contributed by atoms with van der Waals surface area (Å²) in [4.78, 5) is 12.2. The van der Waals surface area contributed by atoms with Gasteiger partial charge in [0.05, 0.1) is 6.61 Å². The molecule has 25 heavy (non-hydrogen) atoms. The van der Waals surface area contributed by atoms with Crippen molar-refractivity contribution >= 4 is 5.91 Å². The zero-order valence-electron chi connectivity index (χ0n) is 14.1. The van der Waals surface area contributed by atoms with Gasteiger partial charge in [0.2, 0.25) is 0 Å². The largest absolute Gasteiger partial charge is 0.494 e. The van der Waals surface area contributed by atoms with Crippen molar-refractivity contribution in [2.45, 2.75) is 32.9 Å². The third-order valence-electron chi connectivity index (χ3n) is 4.00. The Bertz CT molecular complexity index is 807.